The van der Waals surface area contributed by atoms with Gasteiger partial charge < -0.3 is 15.5 Å². The van der Waals surface area contributed by atoms with Crippen LogP contribution in [0, 0.1) is 5.92 Å². The van der Waals surface area contributed by atoms with Gasteiger partial charge in [0.2, 0.25) is 11.8 Å². The van der Waals surface area contributed by atoms with E-state index < -0.39 is 0 Å². The molecule has 174 valence electrons. The number of carbonyl (C=O) groups is 3. The van der Waals surface area contributed by atoms with E-state index in [1.807, 2.05) is 34.6 Å². The van der Waals surface area contributed by atoms with Gasteiger partial charge in [-0.2, -0.15) is 0 Å². The van der Waals surface area contributed by atoms with Crippen LogP contribution in [-0.4, -0.2) is 46.2 Å². The van der Waals surface area contributed by atoms with Crippen LogP contribution in [0.3, 0.4) is 0 Å². The van der Waals surface area contributed by atoms with Crippen LogP contribution in [0.1, 0.15) is 50.7 Å². The maximum atomic E-state index is 12.9. The number of benzene rings is 1. The summed E-state index contributed by atoms with van der Waals surface area (Å²) in [5.41, 5.74) is 0.922. The zero-order valence-electron chi connectivity index (χ0n) is 18.7. The first kappa shape index (κ1) is 26.1. The molecule has 0 aliphatic rings. The van der Waals surface area contributed by atoms with Crippen LogP contribution in [0.15, 0.2) is 23.6 Å². The number of nitrogens with one attached hydrogen (secondary N) is 2. The summed E-state index contributed by atoms with van der Waals surface area (Å²) in [6.45, 7) is 9.51. The molecule has 1 unspecified atom stereocenters. The normalized spacial score (nSPS) is 12.0. The number of aromatic nitrogens is 1. The van der Waals surface area contributed by atoms with E-state index in [0.29, 0.717) is 27.3 Å². The van der Waals surface area contributed by atoms with E-state index in [9.17, 15) is 14.4 Å². The number of rotatable bonds is 9. The lowest BCUT2D eigenvalue weighted by Gasteiger charge is -2.26. The van der Waals surface area contributed by atoms with Gasteiger partial charge in [0, 0.05) is 23.0 Å². The fraction of sp³-hybridized carbons (Fsp3) is 0.455. The molecule has 10 heteroatoms. The molecular formula is C22H28Cl2N4O3S. The van der Waals surface area contributed by atoms with Crippen LogP contribution in [-0.2, 0) is 16.0 Å². The summed E-state index contributed by atoms with van der Waals surface area (Å²) in [5, 5.41) is 8.36. The summed E-state index contributed by atoms with van der Waals surface area (Å²) in [7, 11) is 0. The smallest absolute Gasteiger partial charge is 0.254 e. The first-order valence-electron chi connectivity index (χ1n) is 10.3. The minimum absolute atomic E-state index is 0.0652. The Morgan fingerprint density at radius 3 is 2.34 bits per heavy atom. The van der Waals surface area contributed by atoms with E-state index in [2.05, 4.69) is 15.6 Å². The van der Waals surface area contributed by atoms with Crippen molar-refractivity contribution >= 4 is 57.4 Å². The van der Waals surface area contributed by atoms with Gasteiger partial charge in [-0.3, -0.25) is 14.4 Å². The van der Waals surface area contributed by atoms with E-state index in [1.54, 1.807) is 17.5 Å². The van der Waals surface area contributed by atoms with E-state index in [4.69, 9.17) is 23.2 Å². The number of hydrogen-bond donors (Lipinski definition) is 2. The fourth-order valence-corrected chi connectivity index (χ4v) is 3.70. The van der Waals surface area contributed by atoms with Crippen molar-refractivity contribution in [2.45, 2.75) is 53.1 Å². The van der Waals surface area contributed by atoms with Crippen LogP contribution in [0.5, 0.6) is 0 Å². The molecule has 32 heavy (non-hydrogen) atoms. The molecule has 7 nitrogen and oxygen atoms in total. The van der Waals surface area contributed by atoms with Crippen molar-refractivity contribution < 1.29 is 14.4 Å². The summed E-state index contributed by atoms with van der Waals surface area (Å²) in [6, 6.07) is 4.45. The van der Waals surface area contributed by atoms with Crippen LogP contribution in [0.4, 0.5) is 5.13 Å². The molecule has 1 heterocycles. The average molecular weight is 499 g/mol. The molecule has 2 N–H and O–H groups in total. The topological polar surface area (TPSA) is 91.4 Å². The van der Waals surface area contributed by atoms with Gasteiger partial charge in [0.15, 0.2) is 5.13 Å². The quantitative estimate of drug-likeness (QED) is 0.526. The highest BCUT2D eigenvalue weighted by atomic mass is 35.5. The molecule has 2 rings (SSSR count). The molecule has 0 saturated carbocycles. The predicted molar refractivity (Wildman–Crippen MR) is 130 cm³/mol. The van der Waals surface area contributed by atoms with Gasteiger partial charge in [0.1, 0.15) is 6.54 Å². The maximum absolute atomic E-state index is 12.9. The lowest BCUT2D eigenvalue weighted by molar-refractivity contribution is -0.121. The molecule has 0 saturated heterocycles. The van der Waals surface area contributed by atoms with E-state index in [1.165, 1.54) is 22.3 Å². The van der Waals surface area contributed by atoms with Crippen LogP contribution >= 0.6 is 34.5 Å². The number of amides is 3. The molecule has 0 spiro atoms. The van der Waals surface area contributed by atoms with Gasteiger partial charge in [0.25, 0.3) is 5.91 Å². The van der Waals surface area contributed by atoms with E-state index in [0.717, 1.165) is 0 Å². The largest absolute Gasteiger partial charge is 0.353 e. The van der Waals surface area contributed by atoms with Crippen molar-refractivity contribution in [3.05, 3.63) is 44.9 Å². The summed E-state index contributed by atoms with van der Waals surface area (Å²) in [4.78, 5) is 43.3. The van der Waals surface area contributed by atoms with Crippen molar-refractivity contribution in [3.63, 3.8) is 0 Å². The zero-order chi connectivity index (χ0) is 24.0. The van der Waals surface area contributed by atoms with Gasteiger partial charge in [-0.05, 0) is 44.9 Å². The fourth-order valence-electron chi connectivity index (χ4n) is 2.68. The molecule has 1 aromatic heterocycles. The monoisotopic (exact) mass is 498 g/mol. The average Bonchev–Trinajstić information content (AvgIpc) is 3.13. The van der Waals surface area contributed by atoms with Crippen LogP contribution in [0.2, 0.25) is 10.0 Å². The Labute approximate surface area is 202 Å². The molecule has 1 aromatic carbocycles. The van der Waals surface area contributed by atoms with Gasteiger partial charge in [-0.1, -0.05) is 37.0 Å². The molecule has 0 bridgehead atoms. The van der Waals surface area contributed by atoms with Crippen molar-refractivity contribution in [3.8, 4) is 0 Å². The molecule has 1 atom stereocenters. The van der Waals surface area contributed by atoms with Gasteiger partial charge in [-0.25, -0.2) is 4.98 Å². The Hall–Kier alpha value is -2.16. The Bertz CT molecular complexity index is 978. The molecule has 0 aliphatic carbocycles. The van der Waals surface area contributed by atoms with Crippen molar-refractivity contribution in [2.75, 3.05) is 11.9 Å². The first-order valence-corrected chi connectivity index (χ1v) is 11.9. The second-order valence-corrected chi connectivity index (χ2v) is 9.80. The number of carbonyl (C=O) groups excluding carboxylic acids is 3. The zero-order valence-corrected chi connectivity index (χ0v) is 21.1. The molecule has 0 radical (unpaired) electrons. The lowest BCUT2D eigenvalue weighted by atomic mass is 10.1. The predicted octanol–water partition coefficient (Wildman–Crippen LogP) is 4.64. The Kier molecular flexibility index (Phi) is 9.48. The van der Waals surface area contributed by atoms with Gasteiger partial charge in [0.05, 0.1) is 22.2 Å². The standard InChI is InChI=1S/C22H28Cl2N4O3S/c1-12(2)14(5)25-19(29)9-16-11-32-22(26-16)27-20(30)10-28(13(3)4)21(31)15-6-7-17(23)18(24)8-15/h6-8,11-14H,9-10H2,1-5H3,(H,25,29)(H,26,27,30). The summed E-state index contributed by atoms with van der Waals surface area (Å²) in [5.74, 6) is -0.497. The first-order chi connectivity index (χ1) is 15.0. The second-order valence-electron chi connectivity index (χ2n) is 8.12. The minimum Gasteiger partial charge on any atom is -0.353 e. The lowest BCUT2D eigenvalue weighted by Crippen LogP contribution is -2.42. The highest BCUT2D eigenvalue weighted by Crippen LogP contribution is 2.24. The van der Waals surface area contributed by atoms with Crippen molar-refractivity contribution in [1.82, 2.24) is 15.2 Å². The highest BCUT2D eigenvalue weighted by Gasteiger charge is 2.23. The number of halogens is 2. The Balaban J connectivity index is 1.98. The molecular weight excluding hydrogens is 471 g/mol. The molecule has 0 aliphatic heterocycles. The SMILES string of the molecule is CC(C)C(C)NC(=O)Cc1csc(NC(=O)CN(C(=O)c2ccc(Cl)c(Cl)c2)C(C)C)n1. The summed E-state index contributed by atoms with van der Waals surface area (Å²) >= 11 is 13.2. The Morgan fingerprint density at radius 2 is 1.75 bits per heavy atom. The number of anilines is 1. The molecule has 0 fully saturated rings. The number of thiazole rings is 1. The number of hydrogen-bond acceptors (Lipinski definition) is 5. The van der Waals surface area contributed by atoms with Crippen molar-refractivity contribution in [1.29, 1.82) is 0 Å². The third-order valence-electron chi connectivity index (χ3n) is 4.89. The highest BCUT2D eigenvalue weighted by molar-refractivity contribution is 7.13. The van der Waals surface area contributed by atoms with Crippen molar-refractivity contribution in [2.24, 2.45) is 5.92 Å². The minimum atomic E-state index is -0.383. The second kappa shape index (κ2) is 11.6. The van der Waals surface area contributed by atoms with E-state index in [-0.39, 0.29) is 47.8 Å². The summed E-state index contributed by atoms with van der Waals surface area (Å²) < 4.78 is 0. The molecule has 3 amide bonds. The molecule has 2 aromatic rings. The van der Waals surface area contributed by atoms with Crippen LogP contribution < -0.4 is 10.6 Å². The Morgan fingerprint density at radius 1 is 1.06 bits per heavy atom. The van der Waals surface area contributed by atoms with Crippen LogP contribution in [0.25, 0.3) is 0 Å². The third kappa shape index (κ3) is 7.46. The maximum Gasteiger partial charge on any atom is 0.254 e. The van der Waals surface area contributed by atoms with Gasteiger partial charge in [-0.15, -0.1) is 11.3 Å². The van der Waals surface area contributed by atoms with Gasteiger partial charge >= 0.3 is 0 Å². The summed E-state index contributed by atoms with van der Waals surface area (Å²) in [6.07, 6.45) is 0.136. The van der Waals surface area contributed by atoms with E-state index >= 15 is 0 Å². The third-order valence-corrected chi connectivity index (χ3v) is 6.44. The number of nitrogens with zero attached hydrogens (tertiary/aromatic N) is 2.